The standard InChI is InChI=1S/C6H5NO2.C6H6O.Al.ClH/c8-6(9)5-2-1-3-7-4-5;7-6-4-2-1-3-5-6;;/h1-4H,(H,8,9);1-5,7H;;1H/q;;+3;/p-3. The predicted molar refractivity (Wildman–Crippen MR) is 68.3 cm³/mol. The van der Waals surface area contributed by atoms with E-state index < -0.39 is 19.9 Å². The maximum absolute atomic E-state index is 11.7. The molecule has 0 radical (unpaired) electrons. The summed E-state index contributed by atoms with van der Waals surface area (Å²) < 4.78 is 10.4. The zero-order valence-electron chi connectivity index (χ0n) is 9.32. The van der Waals surface area contributed by atoms with Crippen LogP contribution in [0.4, 0.5) is 0 Å². The van der Waals surface area contributed by atoms with Crippen LogP contribution >= 0.6 is 10.0 Å². The van der Waals surface area contributed by atoms with Crippen molar-refractivity contribution in [3.63, 3.8) is 0 Å². The van der Waals surface area contributed by atoms with Crippen molar-refractivity contribution in [3.05, 3.63) is 60.4 Å². The maximum atomic E-state index is 11.7. The summed E-state index contributed by atoms with van der Waals surface area (Å²) in [5.41, 5.74) is 0.354. The second-order valence-corrected chi connectivity index (χ2v) is 5.44. The molecule has 2 rings (SSSR count). The molecular weight excluding hydrogens is 269 g/mol. The molecule has 90 valence electrons. The normalized spacial score (nSPS) is 9.61. The maximum Gasteiger partial charge on any atom is 1.00 e. The van der Waals surface area contributed by atoms with Crippen molar-refractivity contribution in [1.29, 1.82) is 0 Å². The van der Waals surface area contributed by atoms with Crippen molar-refractivity contribution >= 4 is 29.9 Å². The van der Waals surface area contributed by atoms with Crippen LogP contribution in [-0.2, 0) is 3.79 Å². The van der Waals surface area contributed by atoms with E-state index in [0.29, 0.717) is 11.3 Å². The molecule has 0 spiro atoms. The number of aromatic nitrogens is 1. The van der Waals surface area contributed by atoms with Crippen LogP contribution in [0.15, 0.2) is 54.9 Å². The monoisotopic (exact) mass is 277 g/mol. The third kappa shape index (κ3) is 3.74. The van der Waals surface area contributed by atoms with Crippen LogP contribution in [0.5, 0.6) is 5.75 Å². The van der Waals surface area contributed by atoms with Gasteiger partial charge in [-0.3, -0.25) is 4.98 Å². The summed E-state index contributed by atoms with van der Waals surface area (Å²) in [6, 6.07) is 12.3. The fraction of sp³-hybridized carbons (Fsp3) is 0. The van der Waals surface area contributed by atoms with Crippen molar-refractivity contribution in [2.45, 2.75) is 0 Å². The molecule has 4 nitrogen and oxygen atoms in total. The molecule has 0 atom stereocenters. The first-order chi connectivity index (χ1) is 8.75. The minimum absolute atomic E-state index is 0.354. The van der Waals surface area contributed by atoms with Crippen LogP contribution in [0, 0.1) is 0 Å². The summed E-state index contributed by atoms with van der Waals surface area (Å²) in [6.07, 6.45) is 3.00. The Morgan fingerprint density at radius 3 is 2.61 bits per heavy atom. The molecule has 0 bridgehead atoms. The summed E-state index contributed by atoms with van der Waals surface area (Å²) in [4.78, 5) is 15.5. The van der Waals surface area contributed by atoms with Gasteiger partial charge in [0.1, 0.15) is 0 Å². The number of halogens is 1. The molecule has 0 aliphatic carbocycles. The molecule has 1 aromatic carbocycles. The number of nitrogens with zero attached hydrogens (tertiary/aromatic N) is 1. The first-order valence-electron chi connectivity index (χ1n) is 5.22. The van der Waals surface area contributed by atoms with Gasteiger partial charge < -0.3 is 7.58 Å². The molecule has 1 heterocycles. The molecule has 0 aliphatic heterocycles. The topological polar surface area (TPSA) is 48.4 Å². The van der Waals surface area contributed by atoms with E-state index in [1.165, 1.54) is 6.20 Å². The zero-order chi connectivity index (χ0) is 12.8. The molecule has 0 fully saturated rings. The highest BCUT2D eigenvalue weighted by atomic mass is 35.6. The number of rotatable bonds is 4. The van der Waals surface area contributed by atoms with Crippen molar-refractivity contribution < 1.29 is 12.4 Å². The van der Waals surface area contributed by atoms with E-state index in [4.69, 9.17) is 17.6 Å². The zero-order valence-corrected chi connectivity index (χ0v) is 11.2. The fourth-order valence-electron chi connectivity index (χ4n) is 1.27. The Labute approximate surface area is 113 Å². The number of para-hydroxylation sites is 1. The van der Waals surface area contributed by atoms with E-state index in [2.05, 4.69) is 4.98 Å². The number of benzene rings is 1. The Hall–Kier alpha value is -1.54. The largest absolute Gasteiger partial charge is 1.00 e. The molecule has 0 unspecified atom stereocenters. The summed E-state index contributed by atoms with van der Waals surface area (Å²) in [5, 5.41) is 0. The Kier molecular flexibility index (Phi) is 4.60. The molecule has 18 heavy (non-hydrogen) atoms. The lowest BCUT2D eigenvalue weighted by molar-refractivity contribution is 0.0715. The van der Waals surface area contributed by atoms with E-state index in [0.717, 1.165) is 0 Å². The van der Waals surface area contributed by atoms with Gasteiger partial charge >= 0.3 is 19.9 Å². The second kappa shape index (κ2) is 6.41. The minimum Gasteiger partial charge on any atom is -0.599 e. The van der Waals surface area contributed by atoms with Gasteiger partial charge in [-0.15, -0.1) is 0 Å². The van der Waals surface area contributed by atoms with Crippen LogP contribution in [0.1, 0.15) is 10.4 Å². The third-order valence-electron chi connectivity index (χ3n) is 2.07. The average molecular weight is 278 g/mol. The number of carbonyl (C=O) groups excluding carboxylic acids is 1. The predicted octanol–water partition coefficient (Wildman–Crippen LogP) is 2.54. The van der Waals surface area contributed by atoms with Crippen molar-refractivity contribution in [2.24, 2.45) is 0 Å². The van der Waals surface area contributed by atoms with Gasteiger partial charge in [0.25, 0.3) is 0 Å². The van der Waals surface area contributed by atoms with Gasteiger partial charge in [0.05, 0.1) is 11.3 Å². The van der Waals surface area contributed by atoms with Crippen LogP contribution in [0.3, 0.4) is 0 Å². The Bertz CT molecular complexity index is 509. The van der Waals surface area contributed by atoms with Gasteiger partial charge in [-0.2, -0.15) is 10.0 Å². The molecule has 2 aromatic rings. The Balaban J connectivity index is 1.92. The van der Waals surface area contributed by atoms with Gasteiger partial charge in [-0.1, -0.05) is 18.2 Å². The van der Waals surface area contributed by atoms with Gasteiger partial charge in [0, 0.05) is 12.4 Å². The lowest BCUT2D eigenvalue weighted by atomic mass is 10.3. The van der Waals surface area contributed by atoms with Crippen molar-refractivity contribution in [2.75, 3.05) is 0 Å². The SMILES string of the molecule is O=C([O][Al]([Cl])[O]c1ccccc1)c1cccnc1. The molecule has 1 aromatic heterocycles. The molecule has 0 saturated carbocycles. The van der Waals surface area contributed by atoms with E-state index in [-0.39, 0.29) is 0 Å². The van der Waals surface area contributed by atoms with E-state index in [9.17, 15) is 4.79 Å². The van der Waals surface area contributed by atoms with E-state index in [1.54, 1.807) is 30.5 Å². The van der Waals surface area contributed by atoms with E-state index in [1.807, 2.05) is 18.2 Å². The van der Waals surface area contributed by atoms with Crippen molar-refractivity contribution in [3.8, 4) is 5.75 Å². The third-order valence-corrected chi connectivity index (χ3v) is 3.46. The summed E-state index contributed by atoms with van der Waals surface area (Å²) >= 11 is -2.56. The van der Waals surface area contributed by atoms with Gasteiger partial charge in [-0.05, 0) is 24.3 Å². The molecule has 0 N–H and O–H groups in total. The molecule has 0 amide bonds. The van der Waals surface area contributed by atoms with Crippen LogP contribution in [0.25, 0.3) is 0 Å². The Morgan fingerprint density at radius 1 is 1.17 bits per heavy atom. The minimum atomic E-state index is -2.56. The van der Waals surface area contributed by atoms with Gasteiger partial charge in [0.2, 0.25) is 0 Å². The average Bonchev–Trinajstić information content (AvgIpc) is 2.40. The molecule has 0 aliphatic rings. The molecule has 0 saturated heterocycles. The number of pyridine rings is 1. The lowest BCUT2D eigenvalue weighted by Gasteiger charge is -2.09. The second-order valence-electron chi connectivity index (χ2n) is 3.35. The van der Waals surface area contributed by atoms with Gasteiger partial charge in [0.15, 0.2) is 0 Å². The quantitative estimate of drug-likeness (QED) is 0.806. The van der Waals surface area contributed by atoms with Gasteiger partial charge in [-0.25, -0.2) is 4.79 Å². The highest BCUT2D eigenvalue weighted by Gasteiger charge is 2.33. The van der Waals surface area contributed by atoms with Crippen LogP contribution < -0.4 is 3.79 Å². The highest BCUT2D eigenvalue weighted by molar-refractivity contribution is 7.00. The summed E-state index contributed by atoms with van der Waals surface area (Å²) in [6.45, 7) is 0. The highest BCUT2D eigenvalue weighted by Crippen LogP contribution is 2.12. The molecular formula is C12H9AlClNO3. The summed E-state index contributed by atoms with van der Waals surface area (Å²) in [5.74, 6) is 0.0638. The fourth-order valence-corrected chi connectivity index (χ4v) is 2.54. The first-order valence-corrected chi connectivity index (χ1v) is 7.91. The van der Waals surface area contributed by atoms with Crippen LogP contribution in [-0.4, -0.2) is 24.8 Å². The van der Waals surface area contributed by atoms with E-state index >= 15 is 0 Å². The number of hydrogen-bond acceptors (Lipinski definition) is 4. The first kappa shape index (κ1) is 12.9. The number of carbonyl (C=O) groups is 1. The van der Waals surface area contributed by atoms with Crippen LogP contribution in [0.2, 0.25) is 0 Å². The molecule has 6 heteroatoms. The van der Waals surface area contributed by atoms with Crippen molar-refractivity contribution in [1.82, 2.24) is 4.98 Å². The number of hydrogen-bond donors (Lipinski definition) is 0. The smallest absolute Gasteiger partial charge is 0.599 e. The summed E-state index contributed by atoms with van der Waals surface area (Å²) in [7, 11) is 5.91. The Morgan fingerprint density at radius 2 is 1.94 bits per heavy atom. The lowest BCUT2D eigenvalue weighted by Crippen LogP contribution is -2.23.